The highest BCUT2D eigenvalue weighted by Gasteiger charge is 2.16. The molecule has 0 aliphatic carbocycles. The molecule has 7 heteroatoms. The lowest BCUT2D eigenvalue weighted by atomic mass is 10.2. The maximum atomic E-state index is 11.0. The zero-order chi connectivity index (χ0) is 15.1. The van der Waals surface area contributed by atoms with E-state index >= 15 is 0 Å². The number of nitrogens with one attached hydrogen (secondary N) is 1. The maximum Gasteiger partial charge on any atom is 0.189 e. The van der Waals surface area contributed by atoms with Gasteiger partial charge in [0.2, 0.25) is 0 Å². The van der Waals surface area contributed by atoms with Gasteiger partial charge in [-0.25, -0.2) is 9.97 Å². The third-order valence-corrected chi connectivity index (χ3v) is 3.72. The van der Waals surface area contributed by atoms with Crippen LogP contribution in [0.15, 0.2) is 11.4 Å². The van der Waals surface area contributed by atoms with Crippen molar-refractivity contribution >= 4 is 23.9 Å². The highest BCUT2D eigenvalue weighted by Crippen LogP contribution is 2.17. The largest absolute Gasteiger partial charge is 0.365 e. The molecule has 2 heterocycles. The number of rotatable bonds is 7. The van der Waals surface area contributed by atoms with E-state index in [0.29, 0.717) is 23.1 Å². The van der Waals surface area contributed by atoms with E-state index in [9.17, 15) is 4.79 Å². The first-order chi connectivity index (χ1) is 10.2. The number of hydrogen-bond acceptors (Lipinski definition) is 7. The molecule has 1 aliphatic rings. The molecular formula is C14H21N3O3S. The molecule has 2 rings (SSSR count). The molecule has 0 bridgehead atoms. The Bertz CT molecular complexity index is 467. The zero-order valence-electron chi connectivity index (χ0n) is 12.4. The molecule has 0 saturated carbocycles. The second-order valence-electron chi connectivity index (χ2n) is 4.95. The molecule has 6 nitrogen and oxygen atoms in total. The minimum atomic E-state index is -0.110. The van der Waals surface area contributed by atoms with Crippen molar-refractivity contribution in [3.63, 3.8) is 0 Å². The second kappa shape index (κ2) is 8.31. The molecule has 21 heavy (non-hydrogen) atoms. The summed E-state index contributed by atoms with van der Waals surface area (Å²) in [5.41, 5.74) is 0.452. The fourth-order valence-electron chi connectivity index (χ4n) is 2.04. The Hall–Kier alpha value is -1.18. The van der Waals surface area contributed by atoms with E-state index < -0.39 is 0 Å². The minimum absolute atomic E-state index is 0.0267. The second-order valence-corrected chi connectivity index (χ2v) is 5.73. The molecular weight excluding hydrogens is 290 g/mol. The summed E-state index contributed by atoms with van der Waals surface area (Å²) < 4.78 is 11.3. The van der Waals surface area contributed by atoms with E-state index in [-0.39, 0.29) is 12.3 Å². The predicted molar refractivity (Wildman–Crippen MR) is 81.8 cm³/mol. The van der Waals surface area contributed by atoms with Crippen LogP contribution in [0.4, 0.5) is 5.82 Å². The van der Waals surface area contributed by atoms with Crippen LogP contribution in [-0.4, -0.2) is 48.1 Å². The van der Waals surface area contributed by atoms with Gasteiger partial charge in [0.1, 0.15) is 5.82 Å². The minimum Gasteiger partial charge on any atom is -0.365 e. The van der Waals surface area contributed by atoms with Gasteiger partial charge in [-0.15, -0.1) is 0 Å². The van der Waals surface area contributed by atoms with Gasteiger partial charge in [0.15, 0.2) is 17.7 Å². The van der Waals surface area contributed by atoms with E-state index in [1.165, 1.54) is 18.0 Å². The molecule has 2 unspecified atom stereocenters. The average molecular weight is 311 g/mol. The molecule has 1 aromatic heterocycles. The monoisotopic (exact) mass is 311 g/mol. The lowest BCUT2D eigenvalue weighted by Crippen LogP contribution is -2.29. The van der Waals surface area contributed by atoms with E-state index in [2.05, 4.69) is 15.3 Å². The van der Waals surface area contributed by atoms with Crippen LogP contribution >= 0.6 is 11.8 Å². The molecule has 1 aromatic rings. The molecule has 0 radical (unpaired) electrons. The SMILES string of the molecule is CSc1ncc(C=O)c(NC(C)COC2CCCCO2)n1. The number of carbonyl (C=O) groups is 1. The van der Waals surface area contributed by atoms with Crippen molar-refractivity contribution in [2.75, 3.05) is 24.8 Å². The highest BCUT2D eigenvalue weighted by atomic mass is 32.2. The van der Waals surface area contributed by atoms with Crippen LogP contribution in [0.25, 0.3) is 0 Å². The topological polar surface area (TPSA) is 73.3 Å². The van der Waals surface area contributed by atoms with Crippen molar-refractivity contribution in [1.82, 2.24) is 9.97 Å². The lowest BCUT2D eigenvalue weighted by molar-refractivity contribution is -0.163. The summed E-state index contributed by atoms with van der Waals surface area (Å²) in [4.78, 5) is 19.4. The average Bonchev–Trinajstić information content (AvgIpc) is 2.54. The summed E-state index contributed by atoms with van der Waals surface area (Å²) in [6.45, 7) is 3.25. The van der Waals surface area contributed by atoms with Gasteiger partial charge in [-0.1, -0.05) is 11.8 Å². The van der Waals surface area contributed by atoms with Gasteiger partial charge < -0.3 is 14.8 Å². The van der Waals surface area contributed by atoms with Gasteiger partial charge >= 0.3 is 0 Å². The number of thioether (sulfide) groups is 1. The maximum absolute atomic E-state index is 11.0. The van der Waals surface area contributed by atoms with Crippen LogP contribution < -0.4 is 5.32 Å². The third-order valence-electron chi connectivity index (χ3n) is 3.16. The predicted octanol–water partition coefficient (Wildman–Crippen LogP) is 2.35. The van der Waals surface area contributed by atoms with E-state index in [1.807, 2.05) is 13.2 Å². The fourth-order valence-corrected chi connectivity index (χ4v) is 2.39. The number of ether oxygens (including phenoxy) is 2. The Morgan fingerprint density at radius 1 is 1.62 bits per heavy atom. The molecule has 0 spiro atoms. The van der Waals surface area contributed by atoms with Crippen LogP contribution in [0.1, 0.15) is 36.5 Å². The molecule has 1 fully saturated rings. The van der Waals surface area contributed by atoms with Gasteiger partial charge in [-0.05, 0) is 32.4 Å². The molecule has 1 aliphatic heterocycles. The molecule has 0 aromatic carbocycles. The number of nitrogens with zero attached hydrogens (tertiary/aromatic N) is 2. The number of aromatic nitrogens is 2. The Morgan fingerprint density at radius 2 is 2.48 bits per heavy atom. The first-order valence-electron chi connectivity index (χ1n) is 7.09. The number of hydrogen-bond donors (Lipinski definition) is 1. The summed E-state index contributed by atoms with van der Waals surface area (Å²) in [5.74, 6) is 0.546. The van der Waals surface area contributed by atoms with Crippen molar-refractivity contribution in [3.05, 3.63) is 11.8 Å². The van der Waals surface area contributed by atoms with E-state index in [1.54, 1.807) is 0 Å². The first kappa shape index (κ1) is 16.2. The van der Waals surface area contributed by atoms with Gasteiger partial charge in [-0.3, -0.25) is 4.79 Å². The van der Waals surface area contributed by atoms with Crippen LogP contribution in [-0.2, 0) is 9.47 Å². The zero-order valence-corrected chi connectivity index (χ0v) is 13.2. The lowest BCUT2D eigenvalue weighted by Gasteiger charge is -2.24. The Kier molecular flexibility index (Phi) is 6.41. The summed E-state index contributed by atoms with van der Waals surface area (Å²) in [6, 6.07) is 0.0267. The Balaban J connectivity index is 1.88. The van der Waals surface area contributed by atoms with Crippen LogP contribution in [0.3, 0.4) is 0 Å². The smallest absolute Gasteiger partial charge is 0.189 e. The van der Waals surface area contributed by atoms with Crippen molar-refractivity contribution < 1.29 is 14.3 Å². The standard InChI is InChI=1S/C14H21N3O3S/c1-10(9-20-12-5-3-4-6-19-12)16-13-11(8-18)7-15-14(17-13)21-2/h7-8,10,12H,3-6,9H2,1-2H3,(H,15,16,17). The summed E-state index contributed by atoms with van der Waals surface area (Å²) in [6.07, 6.45) is 7.26. The van der Waals surface area contributed by atoms with E-state index in [4.69, 9.17) is 9.47 Å². The first-order valence-corrected chi connectivity index (χ1v) is 8.31. The number of carbonyl (C=O) groups excluding carboxylic acids is 1. The van der Waals surface area contributed by atoms with Crippen LogP contribution in [0, 0.1) is 0 Å². The molecule has 2 atom stereocenters. The normalized spacial score (nSPS) is 20.0. The van der Waals surface area contributed by atoms with Crippen molar-refractivity contribution in [2.24, 2.45) is 0 Å². The highest BCUT2D eigenvalue weighted by molar-refractivity contribution is 7.98. The van der Waals surface area contributed by atoms with Gasteiger partial charge in [0, 0.05) is 18.8 Å². The Labute approximate surface area is 129 Å². The summed E-state index contributed by atoms with van der Waals surface area (Å²) in [5, 5.41) is 3.83. The summed E-state index contributed by atoms with van der Waals surface area (Å²) in [7, 11) is 0. The van der Waals surface area contributed by atoms with Crippen molar-refractivity contribution in [3.8, 4) is 0 Å². The third kappa shape index (κ3) is 4.94. The van der Waals surface area contributed by atoms with E-state index in [0.717, 1.165) is 32.2 Å². The molecule has 0 amide bonds. The number of anilines is 1. The summed E-state index contributed by atoms with van der Waals surface area (Å²) >= 11 is 1.44. The molecule has 116 valence electrons. The fraction of sp³-hybridized carbons (Fsp3) is 0.643. The van der Waals surface area contributed by atoms with Crippen LogP contribution in [0.5, 0.6) is 0 Å². The van der Waals surface area contributed by atoms with Crippen molar-refractivity contribution in [1.29, 1.82) is 0 Å². The van der Waals surface area contributed by atoms with Gasteiger partial charge in [-0.2, -0.15) is 0 Å². The molecule has 1 saturated heterocycles. The van der Waals surface area contributed by atoms with Crippen molar-refractivity contribution in [2.45, 2.75) is 43.7 Å². The van der Waals surface area contributed by atoms with Gasteiger partial charge in [0.25, 0.3) is 0 Å². The quantitative estimate of drug-likeness (QED) is 0.471. The van der Waals surface area contributed by atoms with Gasteiger partial charge in [0.05, 0.1) is 12.2 Å². The van der Waals surface area contributed by atoms with Crippen LogP contribution in [0.2, 0.25) is 0 Å². The number of aldehydes is 1. The Morgan fingerprint density at radius 3 is 3.14 bits per heavy atom. The molecule has 1 N–H and O–H groups in total.